The van der Waals surface area contributed by atoms with Crippen molar-refractivity contribution in [3.63, 3.8) is 0 Å². The summed E-state index contributed by atoms with van der Waals surface area (Å²) in [6.07, 6.45) is 1.94. The molecule has 1 aromatic carbocycles. The van der Waals surface area contributed by atoms with Crippen molar-refractivity contribution < 1.29 is 9.50 Å². The average molecular weight is 327 g/mol. The van der Waals surface area contributed by atoms with Gasteiger partial charge in [-0.2, -0.15) is 0 Å². The largest absolute Gasteiger partial charge is 0.391 e. The Hall–Kier alpha value is -0.160. The van der Waals surface area contributed by atoms with Crippen LogP contribution in [0.15, 0.2) is 22.7 Å². The second-order valence-electron chi connectivity index (χ2n) is 3.88. The Morgan fingerprint density at radius 1 is 1.47 bits per heavy atom. The van der Waals surface area contributed by atoms with Gasteiger partial charge >= 0.3 is 0 Å². The van der Waals surface area contributed by atoms with E-state index in [1.807, 2.05) is 0 Å². The number of aliphatic hydroxyl groups is 1. The van der Waals surface area contributed by atoms with E-state index in [1.54, 1.807) is 12.1 Å². The predicted octanol–water partition coefficient (Wildman–Crippen LogP) is 3.56. The van der Waals surface area contributed by atoms with Gasteiger partial charge in [-0.1, -0.05) is 31.9 Å². The first-order valence-electron chi connectivity index (χ1n) is 5.45. The van der Waals surface area contributed by atoms with Crippen LogP contribution in [-0.2, 0) is 0 Å². The van der Waals surface area contributed by atoms with E-state index in [1.165, 1.54) is 6.07 Å². The molecule has 17 heavy (non-hydrogen) atoms. The van der Waals surface area contributed by atoms with E-state index in [0.717, 1.165) is 12.8 Å². The van der Waals surface area contributed by atoms with Gasteiger partial charge in [-0.25, -0.2) is 4.39 Å². The summed E-state index contributed by atoms with van der Waals surface area (Å²) in [5.41, 5.74) is 6.52. The molecule has 98 valence electrons. The lowest BCUT2D eigenvalue weighted by Crippen LogP contribution is -2.26. The zero-order chi connectivity index (χ0) is 12.1. The lowest BCUT2D eigenvalue weighted by atomic mass is 9.98. The van der Waals surface area contributed by atoms with Gasteiger partial charge < -0.3 is 10.8 Å². The summed E-state index contributed by atoms with van der Waals surface area (Å²) in [5, 5.41) is 9.85. The van der Waals surface area contributed by atoms with Gasteiger partial charge in [0.1, 0.15) is 5.82 Å². The van der Waals surface area contributed by atoms with E-state index in [4.69, 9.17) is 5.73 Å². The van der Waals surface area contributed by atoms with Crippen molar-refractivity contribution in [2.45, 2.75) is 38.3 Å². The van der Waals surface area contributed by atoms with Crippen LogP contribution in [0.2, 0.25) is 0 Å². The number of hydrogen-bond acceptors (Lipinski definition) is 2. The second-order valence-corrected chi connectivity index (χ2v) is 4.67. The molecule has 0 aromatic heterocycles. The Labute approximate surface area is 116 Å². The highest BCUT2D eigenvalue weighted by Crippen LogP contribution is 2.27. The van der Waals surface area contributed by atoms with Crippen molar-refractivity contribution in [1.29, 1.82) is 0 Å². The minimum atomic E-state index is -0.627. The first-order valence-corrected chi connectivity index (χ1v) is 6.24. The van der Waals surface area contributed by atoms with Crippen LogP contribution in [0.5, 0.6) is 0 Å². The Morgan fingerprint density at radius 2 is 2.12 bits per heavy atom. The molecule has 0 spiro atoms. The molecule has 0 saturated carbocycles. The Morgan fingerprint density at radius 3 is 2.71 bits per heavy atom. The molecule has 0 heterocycles. The maximum Gasteiger partial charge on any atom is 0.137 e. The van der Waals surface area contributed by atoms with E-state index in [2.05, 4.69) is 22.9 Å². The molecule has 0 unspecified atom stereocenters. The zero-order valence-electron chi connectivity index (χ0n) is 9.70. The highest BCUT2D eigenvalue weighted by Gasteiger charge is 2.19. The first-order chi connectivity index (χ1) is 7.57. The van der Waals surface area contributed by atoms with E-state index in [-0.39, 0.29) is 18.2 Å². The molecule has 0 aliphatic heterocycles. The van der Waals surface area contributed by atoms with E-state index in [9.17, 15) is 9.50 Å². The summed E-state index contributed by atoms with van der Waals surface area (Å²) in [5.74, 6) is -0.351. The molecular formula is C12H18BrClFNO. The molecule has 0 bridgehead atoms. The van der Waals surface area contributed by atoms with Crippen LogP contribution in [-0.4, -0.2) is 11.2 Å². The summed E-state index contributed by atoms with van der Waals surface area (Å²) < 4.78 is 13.6. The smallest absolute Gasteiger partial charge is 0.137 e. The SMILES string of the molecule is CCCC[C@@H](O)[C@@H](N)c1cccc(F)c1Br.Cl. The third kappa shape index (κ3) is 4.54. The lowest BCUT2D eigenvalue weighted by molar-refractivity contribution is 0.132. The number of aliphatic hydroxyl groups excluding tert-OH is 1. The number of unbranched alkanes of at least 4 members (excludes halogenated alkanes) is 1. The number of benzene rings is 1. The number of rotatable bonds is 5. The molecule has 2 atom stereocenters. The summed E-state index contributed by atoms with van der Waals surface area (Å²) in [7, 11) is 0. The van der Waals surface area contributed by atoms with Gasteiger partial charge in [0.05, 0.1) is 16.6 Å². The van der Waals surface area contributed by atoms with E-state index < -0.39 is 12.1 Å². The van der Waals surface area contributed by atoms with Crippen LogP contribution >= 0.6 is 28.3 Å². The molecule has 1 aromatic rings. The van der Waals surface area contributed by atoms with Crippen LogP contribution in [0, 0.1) is 5.82 Å². The van der Waals surface area contributed by atoms with E-state index in [0.29, 0.717) is 16.5 Å². The second kappa shape index (κ2) is 8.03. The minimum absolute atomic E-state index is 0. The van der Waals surface area contributed by atoms with Gasteiger partial charge in [-0.05, 0) is 34.0 Å². The van der Waals surface area contributed by atoms with Gasteiger partial charge in [0.25, 0.3) is 0 Å². The van der Waals surface area contributed by atoms with Crippen LogP contribution in [0.1, 0.15) is 37.8 Å². The number of halogens is 3. The van der Waals surface area contributed by atoms with Gasteiger partial charge in [-0.3, -0.25) is 0 Å². The molecule has 1 rings (SSSR count). The van der Waals surface area contributed by atoms with Crippen LogP contribution in [0.25, 0.3) is 0 Å². The third-order valence-corrected chi connectivity index (χ3v) is 3.45. The quantitative estimate of drug-likeness (QED) is 0.869. The van der Waals surface area contributed by atoms with Crippen molar-refractivity contribution >= 4 is 28.3 Å². The summed E-state index contributed by atoms with van der Waals surface area (Å²) >= 11 is 3.15. The highest BCUT2D eigenvalue weighted by molar-refractivity contribution is 9.10. The topological polar surface area (TPSA) is 46.2 Å². The van der Waals surface area contributed by atoms with Crippen molar-refractivity contribution in [3.05, 3.63) is 34.1 Å². The average Bonchev–Trinajstić information content (AvgIpc) is 2.28. The Kier molecular flexibility index (Phi) is 7.96. The fourth-order valence-electron chi connectivity index (χ4n) is 1.58. The van der Waals surface area contributed by atoms with Crippen LogP contribution < -0.4 is 5.73 Å². The van der Waals surface area contributed by atoms with Crippen molar-refractivity contribution in [2.75, 3.05) is 0 Å². The molecule has 0 aliphatic carbocycles. The van der Waals surface area contributed by atoms with Crippen LogP contribution in [0.3, 0.4) is 0 Å². The van der Waals surface area contributed by atoms with Gasteiger partial charge in [0.15, 0.2) is 0 Å². The molecule has 0 fully saturated rings. The third-order valence-electron chi connectivity index (χ3n) is 2.61. The monoisotopic (exact) mass is 325 g/mol. The molecule has 0 saturated heterocycles. The fraction of sp³-hybridized carbons (Fsp3) is 0.500. The molecular weight excluding hydrogens is 308 g/mol. The molecule has 0 aliphatic rings. The highest BCUT2D eigenvalue weighted by atomic mass is 79.9. The zero-order valence-corrected chi connectivity index (χ0v) is 12.1. The maximum absolute atomic E-state index is 13.3. The van der Waals surface area contributed by atoms with Gasteiger partial charge in [0, 0.05) is 0 Å². The number of hydrogen-bond donors (Lipinski definition) is 2. The van der Waals surface area contributed by atoms with Crippen molar-refractivity contribution in [1.82, 2.24) is 0 Å². The molecule has 5 heteroatoms. The minimum Gasteiger partial charge on any atom is -0.391 e. The van der Waals surface area contributed by atoms with Crippen molar-refractivity contribution in [3.8, 4) is 0 Å². The normalized spacial score (nSPS) is 13.9. The van der Waals surface area contributed by atoms with Crippen LogP contribution in [0.4, 0.5) is 4.39 Å². The summed E-state index contributed by atoms with van der Waals surface area (Å²) in [6.45, 7) is 2.05. The fourth-order valence-corrected chi connectivity index (χ4v) is 2.11. The van der Waals surface area contributed by atoms with Gasteiger partial charge in [0.2, 0.25) is 0 Å². The van der Waals surface area contributed by atoms with Gasteiger partial charge in [-0.15, -0.1) is 12.4 Å². The lowest BCUT2D eigenvalue weighted by Gasteiger charge is -2.20. The first kappa shape index (κ1) is 16.8. The standard InChI is InChI=1S/C12H17BrFNO.ClH/c1-2-3-7-10(16)12(15)8-5-4-6-9(14)11(8)13;/h4-6,10,12,16H,2-3,7,15H2,1H3;1H/t10-,12+;/m1./s1. The summed E-state index contributed by atoms with van der Waals surface area (Å²) in [6, 6.07) is 4.14. The molecule has 0 radical (unpaired) electrons. The molecule has 3 N–H and O–H groups in total. The predicted molar refractivity (Wildman–Crippen MR) is 73.8 cm³/mol. The Bertz CT molecular complexity index is 351. The number of nitrogens with two attached hydrogens (primary N) is 1. The van der Waals surface area contributed by atoms with Crippen molar-refractivity contribution in [2.24, 2.45) is 5.73 Å². The molecule has 2 nitrogen and oxygen atoms in total. The maximum atomic E-state index is 13.3. The van der Waals surface area contributed by atoms with E-state index >= 15 is 0 Å². The summed E-state index contributed by atoms with van der Waals surface area (Å²) in [4.78, 5) is 0. The molecule has 0 amide bonds. The Balaban J connectivity index is 0.00000256.